The lowest BCUT2D eigenvalue weighted by Gasteiger charge is -2.14. The first-order chi connectivity index (χ1) is 12.0. The third-order valence-electron chi connectivity index (χ3n) is 3.53. The Labute approximate surface area is 145 Å². The molecular weight excluding hydrogens is 325 g/mol. The maximum atomic E-state index is 13.0. The maximum Gasteiger partial charge on any atom is 0.326 e. The van der Waals surface area contributed by atoms with Crippen LogP contribution in [0.15, 0.2) is 54.6 Å². The maximum absolute atomic E-state index is 13.0. The second kappa shape index (κ2) is 9.42. The van der Waals surface area contributed by atoms with Gasteiger partial charge in [0, 0.05) is 18.9 Å². The predicted octanol–water partition coefficient (Wildman–Crippen LogP) is 2.80. The third kappa shape index (κ3) is 6.63. The minimum Gasteiger partial charge on any atom is -0.493 e. The van der Waals surface area contributed by atoms with Crippen LogP contribution in [0.5, 0.6) is 5.75 Å². The van der Waals surface area contributed by atoms with Crippen molar-refractivity contribution in [2.24, 2.45) is 0 Å². The summed E-state index contributed by atoms with van der Waals surface area (Å²) >= 11 is 0. The molecule has 0 aliphatic heterocycles. The number of carbonyl (C=O) groups excluding carboxylic acids is 1. The molecule has 0 saturated carbocycles. The Morgan fingerprint density at radius 2 is 1.88 bits per heavy atom. The predicted molar refractivity (Wildman–Crippen MR) is 90.8 cm³/mol. The van der Waals surface area contributed by atoms with Crippen LogP contribution in [0.2, 0.25) is 0 Å². The standard InChI is InChI=1S/C19H20FNO4/c20-15-8-4-9-16(13-15)25-11-5-10-18(22)21-17(19(23)24)12-14-6-2-1-3-7-14/h1-4,6-9,13,17H,5,10-12H2,(H,21,22)(H,23,24)/t17-/m1/s1. The van der Waals surface area contributed by atoms with Crippen LogP contribution in [0.1, 0.15) is 18.4 Å². The van der Waals surface area contributed by atoms with Gasteiger partial charge in [-0.1, -0.05) is 36.4 Å². The van der Waals surface area contributed by atoms with Crippen LogP contribution in [0.25, 0.3) is 0 Å². The fraction of sp³-hybridized carbons (Fsp3) is 0.263. The molecule has 0 spiro atoms. The van der Waals surface area contributed by atoms with Crippen LogP contribution in [0.3, 0.4) is 0 Å². The zero-order valence-corrected chi connectivity index (χ0v) is 13.7. The molecule has 6 heteroatoms. The van der Waals surface area contributed by atoms with Gasteiger partial charge in [-0.05, 0) is 24.1 Å². The van der Waals surface area contributed by atoms with Crippen molar-refractivity contribution in [1.82, 2.24) is 5.32 Å². The van der Waals surface area contributed by atoms with Gasteiger partial charge < -0.3 is 15.2 Å². The molecule has 0 aromatic heterocycles. The molecule has 2 N–H and O–H groups in total. The summed E-state index contributed by atoms with van der Waals surface area (Å²) in [5, 5.41) is 11.8. The molecule has 0 radical (unpaired) electrons. The van der Waals surface area contributed by atoms with Gasteiger partial charge in [-0.3, -0.25) is 4.79 Å². The first kappa shape index (κ1) is 18.4. The summed E-state index contributed by atoms with van der Waals surface area (Å²) in [5.41, 5.74) is 0.838. The largest absolute Gasteiger partial charge is 0.493 e. The Morgan fingerprint density at radius 3 is 2.56 bits per heavy atom. The summed E-state index contributed by atoms with van der Waals surface area (Å²) in [5.74, 6) is -1.42. The van der Waals surface area contributed by atoms with Crippen molar-refractivity contribution in [1.29, 1.82) is 0 Å². The van der Waals surface area contributed by atoms with E-state index >= 15 is 0 Å². The van der Waals surface area contributed by atoms with Gasteiger partial charge in [0.2, 0.25) is 5.91 Å². The summed E-state index contributed by atoms with van der Waals surface area (Å²) < 4.78 is 18.4. The van der Waals surface area contributed by atoms with E-state index in [1.165, 1.54) is 12.1 Å². The molecule has 2 aromatic carbocycles. The van der Waals surface area contributed by atoms with Crippen LogP contribution < -0.4 is 10.1 Å². The molecule has 0 aliphatic carbocycles. The summed E-state index contributed by atoms with van der Waals surface area (Å²) in [6.45, 7) is 0.243. The zero-order valence-electron chi connectivity index (χ0n) is 13.7. The fourth-order valence-corrected chi connectivity index (χ4v) is 2.30. The number of rotatable bonds is 9. The van der Waals surface area contributed by atoms with Crippen molar-refractivity contribution >= 4 is 11.9 Å². The number of carbonyl (C=O) groups is 2. The molecule has 2 aromatic rings. The van der Waals surface area contributed by atoms with Crippen LogP contribution in [0.4, 0.5) is 4.39 Å². The lowest BCUT2D eigenvalue weighted by atomic mass is 10.1. The van der Waals surface area contributed by atoms with E-state index in [1.807, 2.05) is 30.3 Å². The fourth-order valence-electron chi connectivity index (χ4n) is 2.30. The van der Waals surface area contributed by atoms with E-state index in [-0.39, 0.29) is 31.2 Å². The van der Waals surface area contributed by atoms with E-state index < -0.39 is 12.0 Å². The van der Waals surface area contributed by atoms with Gasteiger partial charge in [0.05, 0.1) is 6.61 Å². The van der Waals surface area contributed by atoms with Crippen LogP contribution in [0, 0.1) is 5.82 Å². The van der Waals surface area contributed by atoms with E-state index in [4.69, 9.17) is 4.74 Å². The van der Waals surface area contributed by atoms with Crippen LogP contribution in [-0.4, -0.2) is 29.6 Å². The van der Waals surface area contributed by atoms with Crippen molar-refractivity contribution in [2.75, 3.05) is 6.61 Å². The van der Waals surface area contributed by atoms with E-state index in [9.17, 15) is 19.1 Å². The molecule has 0 fully saturated rings. The number of carboxylic acids is 1. The smallest absolute Gasteiger partial charge is 0.326 e. The molecule has 0 bridgehead atoms. The van der Waals surface area contributed by atoms with Crippen molar-refractivity contribution in [3.8, 4) is 5.75 Å². The molecule has 0 saturated heterocycles. The Hall–Kier alpha value is -2.89. The molecule has 25 heavy (non-hydrogen) atoms. The normalized spacial score (nSPS) is 11.6. The highest BCUT2D eigenvalue weighted by Gasteiger charge is 2.20. The number of hydrogen-bond acceptors (Lipinski definition) is 3. The lowest BCUT2D eigenvalue weighted by Crippen LogP contribution is -2.42. The number of nitrogens with one attached hydrogen (secondary N) is 1. The zero-order chi connectivity index (χ0) is 18.1. The Bertz CT molecular complexity index is 706. The van der Waals surface area contributed by atoms with Gasteiger partial charge in [0.1, 0.15) is 17.6 Å². The summed E-state index contributed by atoms with van der Waals surface area (Å²) in [4.78, 5) is 23.2. The van der Waals surface area contributed by atoms with Crippen LogP contribution >= 0.6 is 0 Å². The highest BCUT2D eigenvalue weighted by Crippen LogP contribution is 2.12. The summed E-state index contributed by atoms with van der Waals surface area (Å²) in [7, 11) is 0. The molecule has 5 nitrogen and oxygen atoms in total. The molecule has 2 rings (SSSR count). The first-order valence-corrected chi connectivity index (χ1v) is 7.99. The average molecular weight is 345 g/mol. The van der Waals surface area contributed by atoms with Crippen molar-refractivity contribution < 1.29 is 23.8 Å². The van der Waals surface area contributed by atoms with Gasteiger partial charge in [0.15, 0.2) is 0 Å². The molecule has 0 heterocycles. The summed E-state index contributed by atoms with van der Waals surface area (Å²) in [6.07, 6.45) is 0.760. The number of ether oxygens (including phenoxy) is 1. The van der Waals surface area contributed by atoms with Gasteiger partial charge in [-0.25, -0.2) is 9.18 Å². The van der Waals surface area contributed by atoms with Gasteiger partial charge in [-0.2, -0.15) is 0 Å². The van der Waals surface area contributed by atoms with Crippen molar-refractivity contribution in [3.05, 3.63) is 66.0 Å². The number of halogens is 1. The number of hydrogen-bond donors (Lipinski definition) is 2. The minimum absolute atomic E-state index is 0.133. The van der Waals surface area contributed by atoms with Crippen molar-refractivity contribution in [2.45, 2.75) is 25.3 Å². The molecule has 0 unspecified atom stereocenters. The van der Waals surface area contributed by atoms with E-state index in [0.717, 1.165) is 5.56 Å². The average Bonchev–Trinajstić information content (AvgIpc) is 2.59. The lowest BCUT2D eigenvalue weighted by molar-refractivity contribution is -0.141. The Balaban J connectivity index is 1.74. The Morgan fingerprint density at radius 1 is 1.12 bits per heavy atom. The van der Waals surface area contributed by atoms with E-state index in [1.54, 1.807) is 12.1 Å². The van der Waals surface area contributed by atoms with Crippen molar-refractivity contribution in [3.63, 3.8) is 0 Å². The van der Waals surface area contributed by atoms with E-state index in [2.05, 4.69) is 5.32 Å². The SMILES string of the molecule is O=C(CCCOc1cccc(F)c1)N[C@H](Cc1ccccc1)C(=O)O. The van der Waals surface area contributed by atoms with Crippen LogP contribution in [-0.2, 0) is 16.0 Å². The number of aliphatic carboxylic acids is 1. The molecular formula is C19H20FNO4. The number of amides is 1. The van der Waals surface area contributed by atoms with Gasteiger partial charge in [0.25, 0.3) is 0 Å². The number of carboxylic acid groups (broad SMARTS) is 1. The third-order valence-corrected chi connectivity index (χ3v) is 3.53. The highest BCUT2D eigenvalue weighted by molar-refractivity contribution is 5.83. The van der Waals surface area contributed by atoms with Gasteiger partial charge in [-0.15, -0.1) is 0 Å². The van der Waals surface area contributed by atoms with Gasteiger partial charge >= 0.3 is 5.97 Å². The van der Waals surface area contributed by atoms with E-state index in [0.29, 0.717) is 12.2 Å². The second-order valence-corrected chi connectivity index (χ2v) is 5.56. The quantitative estimate of drug-likeness (QED) is 0.685. The molecule has 1 atom stereocenters. The summed E-state index contributed by atoms with van der Waals surface area (Å²) in [6, 6.07) is 13.9. The molecule has 0 aliphatic rings. The second-order valence-electron chi connectivity index (χ2n) is 5.56. The molecule has 1 amide bonds. The number of benzene rings is 2. The monoisotopic (exact) mass is 345 g/mol. The highest BCUT2D eigenvalue weighted by atomic mass is 19.1. The first-order valence-electron chi connectivity index (χ1n) is 7.99. The molecule has 132 valence electrons. The minimum atomic E-state index is -1.08. The topological polar surface area (TPSA) is 75.6 Å². The Kier molecular flexibility index (Phi) is 6.95.